The van der Waals surface area contributed by atoms with Crippen molar-refractivity contribution in [3.8, 4) is 0 Å². The van der Waals surface area contributed by atoms with E-state index in [0.717, 1.165) is 12.8 Å². The third-order valence-electron chi connectivity index (χ3n) is 5.93. The number of esters is 1. The Bertz CT molecular complexity index is 461. The van der Waals surface area contributed by atoms with Gasteiger partial charge in [-0.1, -0.05) is 96.1 Å². The van der Waals surface area contributed by atoms with Gasteiger partial charge in [0, 0.05) is 6.42 Å². The van der Waals surface area contributed by atoms with Crippen LogP contribution in [0.1, 0.15) is 129 Å². The Labute approximate surface area is 185 Å². The third-order valence-corrected chi connectivity index (χ3v) is 5.93. The zero-order chi connectivity index (χ0) is 21.7. The number of nitrogens with one attached hydrogen (secondary N) is 1. The standard InChI is InChI=1S/C26H47NO3/c1-2-3-4-5-6-7-8-9-10-11-12-13-14-15-16-17-18-19-20-23-30-26(29)24-21-22-25(28)27-24/h10-11,24H,2-9,12-23H2,1H3,(H,27,28)/b11-10+/t24-/m0/s1. The molecule has 30 heavy (non-hydrogen) atoms. The lowest BCUT2D eigenvalue weighted by molar-refractivity contribution is -0.146. The second-order valence-corrected chi connectivity index (χ2v) is 8.82. The molecule has 1 aliphatic rings. The van der Waals surface area contributed by atoms with Crippen LogP contribution >= 0.6 is 0 Å². The number of carbonyl (C=O) groups is 2. The molecule has 0 aromatic carbocycles. The van der Waals surface area contributed by atoms with E-state index in [1.807, 2.05) is 0 Å². The van der Waals surface area contributed by atoms with Crippen molar-refractivity contribution in [1.82, 2.24) is 5.32 Å². The van der Waals surface area contributed by atoms with E-state index in [1.54, 1.807) is 0 Å². The zero-order valence-electron chi connectivity index (χ0n) is 19.6. The summed E-state index contributed by atoms with van der Waals surface area (Å²) in [7, 11) is 0. The molecular weight excluding hydrogens is 374 g/mol. The summed E-state index contributed by atoms with van der Waals surface area (Å²) in [5.74, 6) is -0.311. The fraction of sp³-hybridized carbons (Fsp3) is 0.846. The molecule has 1 rings (SSSR count). The summed E-state index contributed by atoms with van der Waals surface area (Å²) >= 11 is 0. The van der Waals surface area contributed by atoms with E-state index in [4.69, 9.17) is 4.74 Å². The molecule has 0 aromatic heterocycles. The predicted molar refractivity (Wildman–Crippen MR) is 125 cm³/mol. The van der Waals surface area contributed by atoms with Crippen molar-refractivity contribution >= 4 is 11.9 Å². The topological polar surface area (TPSA) is 55.4 Å². The van der Waals surface area contributed by atoms with Crippen LogP contribution in [0.15, 0.2) is 12.2 Å². The first-order valence-electron chi connectivity index (χ1n) is 12.8. The molecule has 174 valence electrons. The van der Waals surface area contributed by atoms with Gasteiger partial charge in [0.2, 0.25) is 5.91 Å². The van der Waals surface area contributed by atoms with Crippen molar-refractivity contribution in [3.63, 3.8) is 0 Å². The predicted octanol–water partition coefficient (Wildman–Crippen LogP) is 7.02. The van der Waals surface area contributed by atoms with E-state index in [0.29, 0.717) is 19.4 Å². The van der Waals surface area contributed by atoms with Crippen LogP contribution in [0.5, 0.6) is 0 Å². The van der Waals surface area contributed by atoms with E-state index in [1.165, 1.54) is 96.3 Å². The number of hydrogen-bond acceptors (Lipinski definition) is 3. The van der Waals surface area contributed by atoms with Gasteiger partial charge in [0.15, 0.2) is 0 Å². The minimum atomic E-state index is -0.410. The van der Waals surface area contributed by atoms with Crippen LogP contribution in [0.3, 0.4) is 0 Å². The van der Waals surface area contributed by atoms with Crippen molar-refractivity contribution in [2.75, 3.05) is 6.61 Å². The molecule has 4 nitrogen and oxygen atoms in total. The summed E-state index contributed by atoms with van der Waals surface area (Å²) in [6.07, 6.45) is 27.9. The molecule has 1 saturated heterocycles. The van der Waals surface area contributed by atoms with E-state index < -0.39 is 6.04 Å². The van der Waals surface area contributed by atoms with Crippen LogP contribution in [0.2, 0.25) is 0 Å². The molecular formula is C26H47NO3. The first-order valence-corrected chi connectivity index (χ1v) is 12.8. The quantitative estimate of drug-likeness (QED) is 0.131. The zero-order valence-corrected chi connectivity index (χ0v) is 19.6. The summed E-state index contributed by atoms with van der Waals surface area (Å²) in [5.41, 5.74) is 0. The number of allylic oxidation sites excluding steroid dienone is 2. The highest BCUT2D eigenvalue weighted by Crippen LogP contribution is 2.12. The average molecular weight is 422 g/mol. The van der Waals surface area contributed by atoms with Crippen LogP contribution in [-0.2, 0) is 14.3 Å². The lowest BCUT2D eigenvalue weighted by atomic mass is 10.1. The number of rotatable bonds is 20. The molecule has 0 saturated carbocycles. The van der Waals surface area contributed by atoms with Gasteiger partial charge in [0.05, 0.1) is 6.61 Å². The molecule has 1 atom stereocenters. The SMILES string of the molecule is CCCCCCCCC/C=C/CCCCCCCCCCOC(=O)[C@@H]1CCC(=O)N1. The van der Waals surface area contributed by atoms with Gasteiger partial charge in [-0.25, -0.2) is 4.79 Å². The molecule has 0 aromatic rings. The van der Waals surface area contributed by atoms with Gasteiger partial charge in [-0.2, -0.15) is 0 Å². The molecule has 0 radical (unpaired) electrons. The largest absolute Gasteiger partial charge is 0.464 e. The maximum atomic E-state index is 11.7. The molecule has 1 amide bonds. The molecule has 0 unspecified atom stereocenters. The van der Waals surface area contributed by atoms with Crippen LogP contribution in [0, 0.1) is 0 Å². The van der Waals surface area contributed by atoms with Gasteiger partial charge >= 0.3 is 5.97 Å². The fourth-order valence-electron chi connectivity index (χ4n) is 3.94. The Kier molecular flexibility index (Phi) is 17.5. The summed E-state index contributed by atoms with van der Waals surface area (Å²) in [6, 6.07) is -0.410. The number of ether oxygens (including phenoxy) is 1. The Balaban J connectivity index is 1.73. The van der Waals surface area contributed by atoms with E-state index in [-0.39, 0.29) is 11.9 Å². The van der Waals surface area contributed by atoms with E-state index in [2.05, 4.69) is 24.4 Å². The second-order valence-electron chi connectivity index (χ2n) is 8.82. The minimum absolute atomic E-state index is 0.0449. The number of unbranched alkanes of at least 4 members (excludes halogenated alkanes) is 15. The Hall–Kier alpha value is -1.32. The number of carbonyl (C=O) groups excluding carboxylic acids is 2. The van der Waals surface area contributed by atoms with Gasteiger partial charge in [-0.05, 0) is 38.5 Å². The Morgan fingerprint density at radius 1 is 0.833 bits per heavy atom. The fourth-order valence-corrected chi connectivity index (χ4v) is 3.94. The van der Waals surface area contributed by atoms with Crippen LogP contribution in [-0.4, -0.2) is 24.5 Å². The van der Waals surface area contributed by atoms with Gasteiger partial charge in [-0.15, -0.1) is 0 Å². The number of hydrogen-bond donors (Lipinski definition) is 1. The molecule has 0 bridgehead atoms. The second kappa shape index (κ2) is 19.6. The lowest BCUT2D eigenvalue weighted by Gasteiger charge is -2.09. The molecule has 1 fully saturated rings. The summed E-state index contributed by atoms with van der Waals surface area (Å²) in [4.78, 5) is 22.8. The first-order chi connectivity index (χ1) is 14.7. The smallest absolute Gasteiger partial charge is 0.328 e. The molecule has 1 aliphatic heterocycles. The summed E-state index contributed by atoms with van der Waals surface area (Å²) < 4.78 is 5.25. The molecule has 1 heterocycles. The molecule has 0 spiro atoms. The van der Waals surface area contributed by atoms with Crippen LogP contribution in [0.4, 0.5) is 0 Å². The highest BCUT2D eigenvalue weighted by molar-refractivity contribution is 5.87. The molecule has 0 aliphatic carbocycles. The maximum absolute atomic E-state index is 11.7. The third kappa shape index (κ3) is 15.5. The van der Waals surface area contributed by atoms with Crippen LogP contribution in [0.25, 0.3) is 0 Å². The minimum Gasteiger partial charge on any atom is -0.464 e. The van der Waals surface area contributed by atoms with Gasteiger partial charge in [0.25, 0.3) is 0 Å². The van der Waals surface area contributed by atoms with E-state index >= 15 is 0 Å². The Morgan fingerprint density at radius 3 is 1.83 bits per heavy atom. The monoisotopic (exact) mass is 421 g/mol. The normalized spacial score (nSPS) is 16.3. The van der Waals surface area contributed by atoms with Crippen molar-refractivity contribution in [1.29, 1.82) is 0 Å². The van der Waals surface area contributed by atoms with Crippen molar-refractivity contribution in [2.24, 2.45) is 0 Å². The average Bonchev–Trinajstić information content (AvgIpc) is 3.18. The number of amides is 1. The highest BCUT2D eigenvalue weighted by Gasteiger charge is 2.28. The summed E-state index contributed by atoms with van der Waals surface area (Å²) in [6.45, 7) is 2.76. The maximum Gasteiger partial charge on any atom is 0.328 e. The Morgan fingerprint density at radius 2 is 1.33 bits per heavy atom. The molecule has 1 N–H and O–H groups in total. The summed E-state index contributed by atoms with van der Waals surface area (Å²) in [5, 5.41) is 2.65. The highest BCUT2D eigenvalue weighted by atomic mass is 16.5. The van der Waals surface area contributed by atoms with Gasteiger partial charge in [-0.3, -0.25) is 4.79 Å². The first kappa shape index (κ1) is 26.7. The van der Waals surface area contributed by atoms with Crippen LogP contribution < -0.4 is 5.32 Å². The lowest BCUT2D eigenvalue weighted by Crippen LogP contribution is -2.34. The van der Waals surface area contributed by atoms with Crippen molar-refractivity contribution < 1.29 is 14.3 Å². The van der Waals surface area contributed by atoms with Gasteiger partial charge < -0.3 is 10.1 Å². The van der Waals surface area contributed by atoms with Crippen molar-refractivity contribution in [2.45, 2.75) is 135 Å². The van der Waals surface area contributed by atoms with Gasteiger partial charge in [0.1, 0.15) is 6.04 Å². The molecule has 4 heteroatoms. The van der Waals surface area contributed by atoms with E-state index in [9.17, 15) is 9.59 Å². The van der Waals surface area contributed by atoms with Crippen molar-refractivity contribution in [3.05, 3.63) is 12.2 Å².